The molecule has 3 rings (SSSR count). The van der Waals surface area contributed by atoms with E-state index in [1.54, 1.807) is 42.5 Å². The van der Waals surface area contributed by atoms with Crippen molar-refractivity contribution in [3.05, 3.63) is 83.9 Å². The summed E-state index contributed by atoms with van der Waals surface area (Å²) in [5.74, 6) is 0.920. The topological polar surface area (TPSA) is 84.9 Å². The summed E-state index contributed by atoms with van der Waals surface area (Å²) in [7, 11) is -3.96. The van der Waals surface area contributed by atoms with Crippen LogP contribution in [0.15, 0.2) is 77.7 Å². The van der Waals surface area contributed by atoms with E-state index in [1.165, 1.54) is 12.1 Å². The first-order valence-electron chi connectivity index (χ1n) is 11.1. The van der Waals surface area contributed by atoms with Gasteiger partial charge >= 0.3 is 0 Å². The molecule has 0 saturated heterocycles. The second-order valence-electron chi connectivity index (χ2n) is 7.77. The molecule has 0 fully saturated rings. The minimum absolute atomic E-state index is 0.106. The maximum absolute atomic E-state index is 13.3. The molecule has 0 bridgehead atoms. The number of anilines is 1. The molecule has 34 heavy (non-hydrogen) atoms. The Balaban J connectivity index is 1.70. The summed E-state index contributed by atoms with van der Waals surface area (Å²) < 4.78 is 39.0. The number of aryl methyl sites for hydroxylation is 2. The number of sulfonamides is 1. The Bertz CT molecular complexity index is 1180. The summed E-state index contributed by atoms with van der Waals surface area (Å²) in [5, 5.41) is 2.74. The van der Waals surface area contributed by atoms with Crippen LogP contribution in [0.1, 0.15) is 18.1 Å². The van der Waals surface area contributed by atoms with E-state index in [4.69, 9.17) is 9.47 Å². The van der Waals surface area contributed by atoms with Crippen LogP contribution in [0.4, 0.5) is 5.69 Å². The number of carbonyl (C=O) groups is 1. The average molecular weight is 483 g/mol. The minimum atomic E-state index is -3.96. The average Bonchev–Trinajstić information content (AvgIpc) is 2.81. The van der Waals surface area contributed by atoms with Crippen LogP contribution in [0.2, 0.25) is 0 Å². The first-order chi connectivity index (χ1) is 16.3. The molecule has 3 aromatic rings. The first-order valence-corrected chi connectivity index (χ1v) is 12.5. The van der Waals surface area contributed by atoms with E-state index in [-0.39, 0.29) is 24.6 Å². The van der Waals surface area contributed by atoms with Crippen LogP contribution in [0.3, 0.4) is 0 Å². The molecule has 7 nitrogen and oxygen atoms in total. The number of rotatable bonds is 11. The lowest BCUT2D eigenvalue weighted by Crippen LogP contribution is -2.41. The molecule has 0 aliphatic carbocycles. The number of amides is 1. The van der Waals surface area contributed by atoms with E-state index < -0.39 is 15.9 Å². The van der Waals surface area contributed by atoms with Gasteiger partial charge in [-0.15, -0.1) is 0 Å². The van der Waals surface area contributed by atoms with Crippen LogP contribution in [-0.2, 0) is 14.8 Å². The maximum atomic E-state index is 13.3. The van der Waals surface area contributed by atoms with Crippen molar-refractivity contribution < 1.29 is 22.7 Å². The second-order valence-corrected chi connectivity index (χ2v) is 9.64. The first kappa shape index (κ1) is 25.1. The van der Waals surface area contributed by atoms with Gasteiger partial charge in [0.25, 0.3) is 10.0 Å². The highest BCUT2D eigenvalue weighted by Gasteiger charge is 2.27. The summed E-state index contributed by atoms with van der Waals surface area (Å²) in [6.07, 6.45) is 0. The Hall–Kier alpha value is -3.52. The second kappa shape index (κ2) is 11.6. The zero-order chi connectivity index (χ0) is 24.6. The van der Waals surface area contributed by atoms with Crippen LogP contribution in [0.5, 0.6) is 11.5 Å². The molecule has 1 N–H and O–H groups in total. The van der Waals surface area contributed by atoms with Gasteiger partial charge in [-0.2, -0.15) is 0 Å². The Kier molecular flexibility index (Phi) is 8.54. The van der Waals surface area contributed by atoms with Crippen molar-refractivity contribution in [2.45, 2.75) is 25.7 Å². The van der Waals surface area contributed by atoms with Gasteiger partial charge in [-0.25, -0.2) is 8.42 Å². The highest BCUT2D eigenvalue weighted by molar-refractivity contribution is 7.92. The number of nitrogens with one attached hydrogen (secondary N) is 1. The van der Waals surface area contributed by atoms with E-state index >= 15 is 0 Å². The van der Waals surface area contributed by atoms with Crippen LogP contribution in [0, 0.1) is 13.8 Å². The summed E-state index contributed by atoms with van der Waals surface area (Å²) in [5.41, 5.74) is 2.56. The number of hydrogen-bond donors (Lipinski definition) is 1. The molecule has 0 atom stereocenters. The van der Waals surface area contributed by atoms with E-state index in [0.717, 1.165) is 21.2 Å². The molecule has 0 aromatic heterocycles. The van der Waals surface area contributed by atoms with Gasteiger partial charge in [0, 0.05) is 0 Å². The Labute approximate surface area is 201 Å². The van der Waals surface area contributed by atoms with Gasteiger partial charge in [0.2, 0.25) is 5.91 Å². The standard InChI is InChI=1S/C26H30N2O5S/c1-4-32-23-12-10-22(11-13-23)28(34(30,31)25-8-6-5-7-9-25)19-26(29)27-14-15-33-24-17-20(2)16-21(3)18-24/h5-13,16-18H,4,14-15,19H2,1-3H3,(H,27,29). The SMILES string of the molecule is CCOc1ccc(N(CC(=O)NCCOc2cc(C)cc(C)c2)S(=O)(=O)c2ccccc2)cc1. The quantitative estimate of drug-likeness (QED) is 0.416. The fourth-order valence-electron chi connectivity index (χ4n) is 3.47. The lowest BCUT2D eigenvalue weighted by Gasteiger charge is -2.24. The number of hydrogen-bond acceptors (Lipinski definition) is 5. The minimum Gasteiger partial charge on any atom is -0.494 e. The van der Waals surface area contributed by atoms with Crippen molar-refractivity contribution in [2.75, 3.05) is 30.6 Å². The van der Waals surface area contributed by atoms with Crippen molar-refractivity contribution in [1.82, 2.24) is 5.32 Å². The Morgan fingerprint density at radius 1 is 0.882 bits per heavy atom. The third kappa shape index (κ3) is 6.74. The molecule has 3 aromatic carbocycles. The van der Waals surface area contributed by atoms with E-state index in [9.17, 15) is 13.2 Å². The largest absolute Gasteiger partial charge is 0.494 e. The van der Waals surface area contributed by atoms with Gasteiger partial charge in [0.05, 0.1) is 23.7 Å². The summed E-state index contributed by atoms with van der Waals surface area (Å²) in [6, 6.07) is 20.6. The molecule has 180 valence electrons. The van der Waals surface area contributed by atoms with Crippen molar-refractivity contribution >= 4 is 21.6 Å². The maximum Gasteiger partial charge on any atom is 0.264 e. The lowest BCUT2D eigenvalue weighted by molar-refractivity contribution is -0.119. The molecule has 0 heterocycles. The zero-order valence-electron chi connectivity index (χ0n) is 19.7. The molecule has 0 spiro atoms. The molecule has 0 aliphatic rings. The van der Waals surface area contributed by atoms with Crippen LogP contribution in [-0.4, -0.2) is 40.6 Å². The number of benzene rings is 3. The Morgan fingerprint density at radius 3 is 2.15 bits per heavy atom. The van der Waals surface area contributed by atoms with Gasteiger partial charge in [0.1, 0.15) is 24.7 Å². The highest BCUT2D eigenvalue weighted by Crippen LogP contribution is 2.25. The number of carbonyl (C=O) groups excluding carboxylic acids is 1. The summed E-state index contributed by atoms with van der Waals surface area (Å²) in [6.45, 7) is 6.49. The van der Waals surface area contributed by atoms with E-state index in [0.29, 0.717) is 18.0 Å². The van der Waals surface area contributed by atoms with Crippen molar-refractivity contribution in [1.29, 1.82) is 0 Å². The predicted octanol–water partition coefficient (Wildman–Crippen LogP) is 4.09. The third-order valence-corrected chi connectivity index (χ3v) is 6.73. The van der Waals surface area contributed by atoms with Crippen molar-refractivity contribution in [3.63, 3.8) is 0 Å². The van der Waals surface area contributed by atoms with Crippen LogP contribution < -0.4 is 19.1 Å². The lowest BCUT2D eigenvalue weighted by atomic mass is 10.1. The van der Waals surface area contributed by atoms with E-state index in [2.05, 4.69) is 11.4 Å². The zero-order valence-corrected chi connectivity index (χ0v) is 20.5. The van der Waals surface area contributed by atoms with Gasteiger partial charge in [-0.05, 0) is 80.4 Å². The summed E-state index contributed by atoms with van der Waals surface area (Å²) >= 11 is 0. The molecule has 0 radical (unpaired) electrons. The van der Waals surface area contributed by atoms with Crippen LogP contribution >= 0.6 is 0 Å². The molecule has 1 amide bonds. The number of ether oxygens (including phenoxy) is 2. The predicted molar refractivity (Wildman–Crippen MR) is 133 cm³/mol. The monoisotopic (exact) mass is 482 g/mol. The third-order valence-electron chi connectivity index (χ3n) is 4.94. The van der Waals surface area contributed by atoms with Crippen LogP contribution in [0.25, 0.3) is 0 Å². The molecule has 0 aliphatic heterocycles. The normalized spacial score (nSPS) is 11.0. The fourth-order valence-corrected chi connectivity index (χ4v) is 4.91. The smallest absolute Gasteiger partial charge is 0.264 e. The molecule has 0 saturated carbocycles. The van der Waals surface area contributed by atoms with Crippen molar-refractivity contribution in [3.8, 4) is 11.5 Å². The van der Waals surface area contributed by atoms with Gasteiger partial charge in [-0.1, -0.05) is 24.3 Å². The summed E-state index contributed by atoms with van der Waals surface area (Å²) in [4.78, 5) is 12.8. The van der Waals surface area contributed by atoms with Gasteiger partial charge in [0.15, 0.2) is 0 Å². The van der Waals surface area contributed by atoms with E-state index in [1.807, 2.05) is 32.9 Å². The molecule has 8 heteroatoms. The van der Waals surface area contributed by atoms with Gasteiger partial charge < -0.3 is 14.8 Å². The number of nitrogens with zero attached hydrogens (tertiary/aromatic N) is 1. The molecular weight excluding hydrogens is 452 g/mol. The Morgan fingerprint density at radius 2 is 1.53 bits per heavy atom. The molecule has 0 unspecified atom stereocenters. The highest BCUT2D eigenvalue weighted by atomic mass is 32.2. The fraction of sp³-hybridized carbons (Fsp3) is 0.269. The van der Waals surface area contributed by atoms with Gasteiger partial charge in [-0.3, -0.25) is 9.10 Å². The van der Waals surface area contributed by atoms with Crippen molar-refractivity contribution in [2.24, 2.45) is 0 Å². The molecular formula is C26H30N2O5S.